The molecule has 0 aliphatic carbocycles. The van der Waals surface area contributed by atoms with E-state index < -0.39 is 0 Å². The Hall–Kier alpha value is -1.06. The lowest BCUT2D eigenvalue weighted by atomic mass is 9.92. The minimum atomic E-state index is 0.149. The van der Waals surface area contributed by atoms with E-state index >= 15 is 0 Å². The third-order valence-electron chi connectivity index (χ3n) is 3.85. The van der Waals surface area contributed by atoms with E-state index in [1.807, 2.05) is 36.1 Å². The predicted molar refractivity (Wildman–Crippen MR) is 78.1 cm³/mol. The number of amides is 1. The number of benzene rings is 1. The summed E-state index contributed by atoms with van der Waals surface area (Å²) in [6, 6.07) is 7.67. The summed E-state index contributed by atoms with van der Waals surface area (Å²) in [4.78, 5) is 14.2. The van der Waals surface area contributed by atoms with Crippen molar-refractivity contribution in [1.29, 1.82) is 0 Å². The van der Waals surface area contributed by atoms with Gasteiger partial charge in [0.1, 0.15) is 0 Å². The average Bonchev–Trinajstić information content (AvgIpc) is 2.41. The molecule has 0 aromatic heterocycles. The zero-order chi connectivity index (χ0) is 13.8. The van der Waals surface area contributed by atoms with Gasteiger partial charge in [-0.15, -0.1) is 0 Å². The number of hydrogen-bond donors (Lipinski definition) is 1. The fraction of sp³-hybridized carbons (Fsp3) is 0.533. The highest BCUT2D eigenvalue weighted by Crippen LogP contribution is 2.21. The molecule has 1 saturated heterocycles. The van der Waals surface area contributed by atoms with Gasteiger partial charge in [-0.3, -0.25) is 4.79 Å². The van der Waals surface area contributed by atoms with Crippen LogP contribution in [-0.4, -0.2) is 29.9 Å². The molecule has 3 nitrogen and oxygen atoms in total. The molecule has 2 N–H and O–H groups in total. The van der Waals surface area contributed by atoms with Gasteiger partial charge in [0, 0.05) is 24.2 Å². The smallest absolute Gasteiger partial charge is 0.227 e. The Bertz CT molecular complexity index is 448. The van der Waals surface area contributed by atoms with Gasteiger partial charge >= 0.3 is 0 Å². The molecule has 0 saturated carbocycles. The van der Waals surface area contributed by atoms with Crippen molar-refractivity contribution in [3.8, 4) is 0 Å². The van der Waals surface area contributed by atoms with Crippen LogP contribution in [0.15, 0.2) is 24.3 Å². The first-order valence-electron chi connectivity index (χ1n) is 6.84. The van der Waals surface area contributed by atoms with Gasteiger partial charge in [0.15, 0.2) is 0 Å². The summed E-state index contributed by atoms with van der Waals surface area (Å²) in [5.74, 6) is 0.572. The van der Waals surface area contributed by atoms with Crippen molar-refractivity contribution in [2.75, 3.05) is 13.1 Å². The zero-order valence-corrected chi connectivity index (χ0v) is 12.1. The summed E-state index contributed by atoms with van der Waals surface area (Å²) >= 11 is 6.10. The summed E-state index contributed by atoms with van der Waals surface area (Å²) in [5, 5.41) is 0.664. The van der Waals surface area contributed by atoms with Gasteiger partial charge in [-0.1, -0.05) is 29.8 Å². The first-order chi connectivity index (χ1) is 9.08. The van der Waals surface area contributed by atoms with Crippen molar-refractivity contribution in [3.05, 3.63) is 34.9 Å². The third kappa shape index (κ3) is 3.71. The maximum absolute atomic E-state index is 12.3. The number of carbonyl (C=O) groups excluding carboxylic acids is 1. The number of nitrogens with zero attached hydrogens (tertiary/aromatic N) is 1. The second-order valence-corrected chi connectivity index (χ2v) is 5.78. The lowest BCUT2D eigenvalue weighted by Gasteiger charge is -2.34. The SMILES string of the molecule is C[C@H](N)[C@H]1CCCN(C(=O)Cc2ccccc2Cl)C1. The molecule has 1 amide bonds. The molecule has 0 bridgehead atoms. The number of halogens is 1. The molecule has 2 rings (SSSR count). The van der Waals surface area contributed by atoms with Crippen LogP contribution in [0.2, 0.25) is 5.02 Å². The zero-order valence-electron chi connectivity index (χ0n) is 11.3. The van der Waals surface area contributed by atoms with Crippen molar-refractivity contribution >= 4 is 17.5 Å². The van der Waals surface area contributed by atoms with E-state index in [4.69, 9.17) is 17.3 Å². The summed E-state index contributed by atoms with van der Waals surface area (Å²) in [5.41, 5.74) is 6.85. The molecule has 1 aliphatic heterocycles. The van der Waals surface area contributed by atoms with E-state index in [-0.39, 0.29) is 11.9 Å². The van der Waals surface area contributed by atoms with E-state index in [1.165, 1.54) is 0 Å². The Morgan fingerprint density at radius 2 is 2.26 bits per heavy atom. The van der Waals surface area contributed by atoms with Gasteiger partial charge in [-0.25, -0.2) is 0 Å². The molecular weight excluding hydrogens is 260 g/mol. The second kappa shape index (κ2) is 6.40. The quantitative estimate of drug-likeness (QED) is 0.924. The van der Waals surface area contributed by atoms with Gasteiger partial charge in [-0.05, 0) is 37.3 Å². The normalized spacial score (nSPS) is 21.2. The van der Waals surface area contributed by atoms with Crippen LogP contribution < -0.4 is 5.73 Å². The molecule has 1 aromatic carbocycles. The van der Waals surface area contributed by atoms with Crippen molar-refractivity contribution in [2.45, 2.75) is 32.2 Å². The summed E-state index contributed by atoms with van der Waals surface area (Å²) in [6.07, 6.45) is 2.54. The van der Waals surface area contributed by atoms with Crippen molar-refractivity contribution in [3.63, 3.8) is 0 Å². The lowest BCUT2D eigenvalue weighted by molar-refractivity contribution is -0.132. The van der Waals surface area contributed by atoms with Crippen LogP contribution in [0.5, 0.6) is 0 Å². The van der Waals surface area contributed by atoms with Gasteiger partial charge in [0.2, 0.25) is 5.91 Å². The van der Waals surface area contributed by atoms with Gasteiger partial charge < -0.3 is 10.6 Å². The van der Waals surface area contributed by atoms with E-state index in [0.29, 0.717) is 17.4 Å². The minimum absolute atomic E-state index is 0.149. The first kappa shape index (κ1) is 14.4. The molecule has 1 aliphatic rings. The fourth-order valence-electron chi connectivity index (χ4n) is 2.58. The van der Waals surface area contributed by atoms with Crippen LogP contribution in [0.3, 0.4) is 0 Å². The van der Waals surface area contributed by atoms with E-state index in [2.05, 4.69) is 0 Å². The molecule has 4 heteroatoms. The molecule has 104 valence electrons. The first-order valence-corrected chi connectivity index (χ1v) is 7.22. The molecule has 0 radical (unpaired) electrons. The van der Waals surface area contributed by atoms with E-state index in [1.54, 1.807) is 0 Å². The molecule has 0 unspecified atom stereocenters. The number of piperidine rings is 1. The number of rotatable bonds is 3. The fourth-order valence-corrected chi connectivity index (χ4v) is 2.78. The molecule has 2 atom stereocenters. The number of nitrogens with two attached hydrogens (primary N) is 1. The summed E-state index contributed by atoms with van der Waals surface area (Å²) < 4.78 is 0. The van der Waals surface area contributed by atoms with Crippen LogP contribution in [0, 0.1) is 5.92 Å². The number of hydrogen-bond acceptors (Lipinski definition) is 2. The number of carbonyl (C=O) groups is 1. The molecule has 0 spiro atoms. The highest BCUT2D eigenvalue weighted by molar-refractivity contribution is 6.31. The molecule has 1 aromatic rings. The molecular formula is C15H21ClN2O. The van der Waals surface area contributed by atoms with Gasteiger partial charge in [-0.2, -0.15) is 0 Å². The van der Waals surface area contributed by atoms with Gasteiger partial charge in [0.25, 0.3) is 0 Å². The van der Waals surface area contributed by atoms with Crippen LogP contribution in [0.4, 0.5) is 0 Å². The van der Waals surface area contributed by atoms with Crippen molar-refractivity contribution in [1.82, 2.24) is 4.90 Å². The van der Waals surface area contributed by atoms with E-state index in [9.17, 15) is 4.79 Å². The Kier molecular flexibility index (Phi) is 4.83. The molecule has 1 heterocycles. The van der Waals surface area contributed by atoms with Crippen molar-refractivity contribution in [2.24, 2.45) is 11.7 Å². The Balaban J connectivity index is 1.98. The standard InChI is InChI=1S/C15H21ClN2O/c1-11(17)13-6-4-8-18(10-13)15(19)9-12-5-2-3-7-14(12)16/h2-3,5,7,11,13H,4,6,8-10,17H2,1H3/t11-,13-/m0/s1. The van der Waals surface area contributed by atoms with Gasteiger partial charge in [0.05, 0.1) is 6.42 Å². The highest BCUT2D eigenvalue weighted by Gasteiger charge is 2.25. The highest BCUT2D eigenvalue weighted by atomic mass is 35.5. The van der Waals surface area contributed by atoms with Crippen LogP contribution in [0.25, 0.3) is 0 Å². The third-order valence-corrected chi connectivity index (χ3v) is 4.22. The topological polar surface area (TPSA) is 46.3 Å². The van der Waals surface area contributed by atoms with Crippen LogP contribution in [-0.2, 0) is 11.2 Å². The van der Waals surface area contributed by atoms with Crippen LogP contribution in [0.1, 0.15) is 25.3 Å². The predicted octanol–water partition coefficient (Wildman–Crippen LogP) is 2.47. The van der Waals surface area contributed by atoms with Crippen LogP contribution >= 0.6 is 11.6 Å². The Labute approximate surface area is 119 Å². The minimum Gasteiger partial charge on any atom is -0.342 e. The number of likely N-dealkylation sites (tertiary alicyclic amines) is 1. The summed E-state index contributed by atoms with van der Waals surface area (Å²) in [6.45, 7) is 3.64. The van der Waals surface area contributed by atoms with Crippen molar-refractivity contribution < 1.29 is 4.79 Å². The Morgan fingerprint density at radius 1 is 1.53 bits per heavy atom. The van der Waals surface area contributed by atoms with E-state index in [0.717, 1.165) is 31.5 Å². The summed E-state index contributed by atoms with van der Waals surface area (Å²) in [7, 11) is 0. The lowest BCUT2D eigenvalue weighted by Crippen LogP contribution is -2.45. The molecule has 1 fully saturated rings. The monoisotopic (exact) mass is 280 g/mol. The average molecular weight is 281 g/mol. The maximum atomic E-state index is 12.3. The largest absolute Gasteiger partial charge is 0.342 e. The molecule has 19 heavy (non-hydrogen) atoms. The maximum Gasteiger partial charge on any atom is 0.227 e. The second-order valence-electron chi connectivity index (χ2n) is 5.37. The Morgan fingerprint density at radius 3 is 2.95 bits per heavy atom.